The molecule has 0 saturated heterocycles. The summed E-state index contributed by atoms with van der Waals surface area (Å²) in [6.45, 7) is 1.75. The Morgan fingerprint density at radius 3 is 2.76 bits per heavy atom. The molecule has 132 valence electrons. The number of hydrogen-bond donors (Lipinski definition) is 2. The Labute approximate surface area is 146 Å². The molecule has 0 fully saturated rings. The molecule has 0 spiro atoms. The molecule has 0 radical (unpaired) electrons. The number of carbonyl (C=O) groups excluding carboxylic acids is 1. The van der Waals surface area contributed by atoms with Gasteiger partial charge in [0.2, 0.25) is 5.91 Å². The SMILES string of the molecule is O=C(CN1CCOc2ccccc2C1)NC(CO)c1ccc(F)cc1. The molecule has 1 aliphatic rings. The zero-order valence-electron chi connectivity index (χ0n) is 13.8. The van der Waals surface area contributed by atoms with E-state index in [1.54, 1.807) is 12.1 Å². The van der Waals surface area contributed by atoms with Crippen molar-refractivity contribution >= 4 is 5.91 Å². The fourth-order valence-corrected chi connectivity index (χ4v) is 2.89. The molecule has 2 N–H and O–H groups in total. The van der Waals surface area contributed by atoms with Crippen molar-refractivity contribution in [3.63, 3.8) is 0 Å². The Bertz CT molecular complexity index is 721. The van der Waals surface area contributed by atoms with Crippen LogP contribution in [0.2, 0.25) is 0 Å². The van der Waals surface area contributed by atoms with E-state index in [0.29, 0.717) is 25.3 Å². The van der Waals surface area contributed by atoms with E-state index in [2.05, 4.69) is 5.32 Å². The number of carbonyl (C=O) groups is 1. The lowest BCUT2D eigenvalue weighted by Gasteiger charge is -2.22. The second kappa shape index (κ2) is 8.09. The number of ether oxygens (including phenoxy) is 1. The maximum Gasteiger partial charge on any atom is 0.234 e. The van der Waals surface area contributed by atoms with Crippen LogP contribution >= 0.6 is 0 Å². The number of para-hydroxylation sites is 1. The summed E-state index contributed by atoms with van der Waals surface area (Å²) in [4.78, 5) is 14.4. The van der Waals surface area contributed by atoms with Crippen molar-refractivity contribution in [2.45, 2.75) is 12.6 Å². The van der Waals surface area contributed by atoms with E-state index >= 15 is 0 Å². The van der Waals surface area contributed by atoms with Crippen molar-refractivity contribution in [3.8, 4) is 5.75 Å². The number of amides is 1. The average molecular weight is 344 g/mol. The van der Waals surface area contributed by atoms with Crippen molar-refractivity contribution in [1.82, 2.24) is 10.2 Å². The fraction of sp³-hybridized carbons (Fsp3) is 0.316. The van der Waals surface area contributed by atoms with E-state index in [9.17, 15) is 14.3 Å². The first-order valence-electron chi connectivity index (χ1n) is 8.24. The molecule has 1 aliphatic heterocycles. The minimum atomic E-state index is -0.552. The number of fused-ring (bicyclic) bond motifs is 1. The van der Waals surface area contributed by atoms with Gasteiger partial charge in [0, 0.05) is 18.7 Å². The summed E-state index contributed by atoms with van der Waals surface area (Å²) < 4.78 is 18.7. The van der Waals surface area contributed by atoms with Crippen LogP contribution in [-0.4, -0.2) is 42.2 Å². The molecule has 25 heavy (non-hydrogen) atoms. The quantitative estimate of drug-likeness (QED) is 0.869. The Morgan fingerprint density at radius 1 is 1.24 bits per heavy atom. The number of aliphatic hydroxyl groups is 1. The fourth-order valence-electron chi connectivity index (χ4n) is 2.89. The van der Waals surface area contributed by atoms with Crippen LogP contribution in [0.3, 0.4) is 0 Å². The third kappa shape index (κ3) is 4.55. The van der Waals surface area contributed by atoms with Gasteiger partial charge < -0.3 is 15.2 Å². The van der Waals surface area contributed by atoms with Crippen LogP contribution in [0.1, 0.15) is 17.2 Å². The molecule has 1 atom stereocenters. The van der Waals surface area contributed by atoms with Gasteiger partial charge in [-0.05, 0) is 23.8 Å². The first kappa shape index (κ1) is 17.4. The average Bonchev–Trinajstić information content (AvgIpc) is 2.82. The van der Waals surface area contributed by atoms with Crippen LogP contribution < -0.4 is 10.1 Å². The maximum atomic E-state index is 13.0. The Balaban J connectivity index is 1.60. The number of rotatable bonds is 5. The van der Waals surface area contributed by atoms with E-state index in [0.717, 1.165) is 11.3 Å². The third-order valence-electron chi connectivity index (χ3n) is 4.19. The topological polar surface area (TPSA) is 61.8 Å². The summed E-state index contributed by atoms with van der Waals surface area (Å²) in [5.41, 5.74) is 1.71. The molecule has 1 heterocycles. The van der Waals surface area contributed by atoms with Gasteiger partial charge in [-0.2, -0.15) is 0 Å². The number of aliphatic hydroxyl groups excluding tert-OH is 1. The third-order valence-corrected chi connectivity index (χ3v) is 4.19. The van der Waals surface area contributed by atoms with Crippen LogP contribution in [-0.2, 0) is 11.3 Å². The van der Waals surface area contributed by atoms with E-state index < -0.39 is 6.04 Å². The van der Waals surface area contributed by atoms with E-state index in [1.807, 2.05) is 29.2 Å². The molecular formula is C19H21FN2O3. The second-order valence-electron chi connectivity index (χ2n) is 6.02. The number of benzene rings is 2. The first-order valence-corrected chi connectivity index (χ1v) is 8.24. The molecule has 0 aliphatic carbocycles. The van der Waals surface area contributed by atoms with Crippen molar-refractivity contribution in [2.24, 2.45) is 0 Å². The smallest absolute Gasteiger partial charge is 0.234 e. The minimum absolute atomic E-state index is 0.192. The second-order valence-corrected chi connectivity index (χ2v) is 6.02. The van der Waals surface area contributed by atoms with E-state index in [4.69, 9.17) is 4.74 Å². The summed E-state index contributed by atoms with van der Waals surface area (Å²) in [6.07, 6.45) is 0. The molecule has 6 heteroatoms. The van der Waals surface area contributed by atoms with Crippen molar-refractivity contribution < 1.29 is 19.0 Å². The predicted molar refractivity (Wildman–Crippen MR) is 91.6 cm³/mol. The summed E-state index contributed by atoms with van der Waals surface area (Å²) >= 11 is 0. The predicted octanol–water partition coefficient (Wildman–Crippen LogP) is 1.87. The highest BCUT2D eigenvalue weighted by atomic mass is 19.1. The van der Waals surface area contributed by atoms with Crippen LogP contribution in [0.15, 0.2) is 48.5 Å². The normalized spacial score (nSPS) is 15.6. The van der Waals surface area contributed by atoms with Crippen LogP contribution in [0.5, 0.6) is 5.75 Å². The van der Waals surface area contributed by atoms with Gasteiger partial charge in [-0.15, -0.1) is 0 Å². The lowest BCUT2D eigenvalue weighted by atomic mass is 10.1. The molecule has 2 aromatic rings. The highest BCUT2D eigenvalue weighted by Crippen LogP contribution is 2.22. The van der Waals surface area contributed by atoms with Gasteiger partial charge in [0.05, 0.1) is 19.2 Å². The molecule has 0 saturated carbocycles. The van der Waals surface area contributed by atoms with Crippen molar-refractivity contribution in [3.05, 3.63) is 65.5 Å². The van der Waals surface area contributed by atoms with E-state index in [1.165, 1.54) is 12.1 Å². The molecule has 5 nitrogen and oxygen atoms in total. The van der Waals surface area contributed by atoms with Crippen LogP contribution in [0, 0.1) is 5.82 Å². The number of nitrogens with one attached hydrogen (secondary N) is 1. The van der Waals surface area contributed by atoms with Gasteiger partial charge >= 0.3 is 0 Å². The molecule has 1 unspecified atom stereocenters. The summed E-state index contributed by atoms with van der Waals surface area (Å²) in [5.74, 6) is 0.308. The van der Waals surface area contributed by atoms with Gasteiger partial charge in [-0.3, -0.25) is 9.69 Å². The molecule has 1 amide bonds. The maximum absolute atomic E-state index is 13.0. The Kier molecular flexibility index (Phi) is 5.63. The molecule has 3 rings (SSSR count). The Hall–Kier alpha value is -2.44. The first-order chi connectivity index (χ1) is 12.2. The van der Waals surface area contributed by atoms with Crippen molar-refractivity contribution in [1.29, 1.82) is 0 Å². The lowest BCUT2D eigenvalue weighted by molar-refractivity contribution is -0.123. The zero-order valence-corrected chi connectivity index (χ0v) is 13.8. The number of halogens is 1. The Morgan fingerprint density at radius 2 is 2.00 bits per heavy atom. The number of nitrogens with zero attached hydrogens (tertiary/aromatic N) is 1. The van der Waals surface area contributed by atoms with E-state index in [-0.39, 0.29) is 24.9 Å². The van der Waals surface area contributed by atoms with Gasteiger partial charge in [0.1, 0.15) is 18.2 Å². The molecular weight excluding hydrogens is 323 g/mol. The standard InChI is InChI=1S/C19H21FN2O3/c20-16-7-5-14(6-8-16)17(13-23)21-19(24)12-22-9-10-25-18-4-2-1-3-15(18)11-22/h1-8,17,23H,9-13H2,(H,21,24). The molecule has 2 aromatic carbocycles. The van der Waals surface area contributed by atoms with Gasteiger partial charge in [-0.1, -0.05) is 30.3 Å². The van der Waals surface area contributed by atoms with Gasteiger partial charge in [0.25, 0.3) is 0 Å². The van der Waals surface area contributed by atoms with Crippen LogP contribution in [0.4, 0.5) is 4.39 Å². The highest BCUT2D eigenvalue weighted by Gasteiger charge is 2.19. The monoisotopic (exact) mass is 344 g/mol. The zero-order chi connectivity index (χ0) is 17.6. The molecule has 0 bridgehead atoms. The van der Waals surface area contributed by atoms with Gasteiger partial charge in [0.15, 0.2) is 0 Å². The summed E-state index contributed by atoms with van der Waals surface area (Å²) in [7, 11) is 0. The molecule has 0 aromatic heterocycles. The number of hydrogen-bond acceptors (Lipinski definition) is 4. The summed E-state index contributed by atoms with van der Waals surface area (Å²) in [5, 5.41) is 12.3. The highest BCUT2D eigenvalue weighted by molar-refractivity contribution is 5.78. The largest absolute Gasteiger partial charge is 0.492 e. The lowest BCUT2D eigenvalue weighted by Crippen LogP contribution is -2.40. The minimum Gasteiger partial charge on any atom is -0.492 e. The summed E-state index contributed by atoms with van der Waals surface area (Å²) in [6, 6.07) is 13.0. The van der Waals surface area contributed by atoms with Crippen molar-refractivity contribution in [2.75, 3.05) is 26.3 Å². The van der Waals surface area contributed by atoms with Gasteiger partial charge in [-0.25, -0.2) is 4.39 Å². The van der Waals surface area contributed by atoms with Crippen LogP contribution in [0.25, 0.3) is 0 Å².